The Hall–Kier alpha value is -2.65. The predicted molar refractivity (Wildman–Crippen MR) is 101 cm³/mol. The van der Waals surface area contributed by atoms with Gasteiger partial charge >= 0.3 is 0 Å². The van der Waals surface area contributed by atoms with E-state index in [-0.39, 0.29) is 12.3 Å². The van der Waals surface area contributed by atoms with Crippen molar-refractivity contribution in [3.63, 3.8) is 0 Å². The summed E-state index contributed by atoms with van der Waals surface area (Å²) in [4.78, 5) is 21.1. The van der Waals surface area contributed by atoms with Crippen molar-refractivity contribution in [1.29, 1.82) is 0 Å². The van der Waals surface area contributed by atoms with Gasteiger partial charge in [0, 0.05) is 27.7 Å². The first-order valence-electron chi connectivity index (χ1n) is 8.02. The van der Waals surface area contributed by atoms with Gasteiger partial charge in [-0.25, -0.2) is 9.97 Å². The van der Waals surface area contributed by atoms with Gasteiger partial charge in [-0.2, -0.15) is 11.3 Å². The first-order valence-corrected chi connectivity index (χ1v) is 9.84. The molecule has 1 N–H and O–H groups in total. The number of nitrogens with zero attached hydrogens (tertiary/aromatic N) is 5. The molecular formula is C17H16N6OS2. The Labute approximate surface area is 157 Å². The van der Waals surface area contributed by atoms with E-state index >= 15 is 0 Å². The highest BCUT2D eigenvalue weighted by atomic mass is 32.1. The van der Waals surface area contributed by atoms with Crippen LogP contribution in [0.25, 0.3) is 16.3 Å². The summed E-state index contributed by atoms with van der Waals surface area (Å²) in [6.45, 7) is 4.19. The van der Waals surface area contributed by atoms with Crippen LogP contribution in [0, 0.1) is 13.8 Å². The Morgan fingerprint density at radius 2 is 2.12 bits per heavy atom. The number of aromatic nitrogens is 5. The third kappa shape index (κ3) is 3.35. The Kier molecular flexibility index (Phi) is 4.48. The van der Waals surface area contributed by atoms with Crippen molar-refractivity contribution >= 4 is 34.4 Å². The first-order chi connectivity index (χ1) is 12.6. The van der Waals surface area contributed by atoms with E-state index in [4.69, 9.17) is 0 Å². The molecule has 7 nitrogen and oxygen atoms in total. The highest BCUT2D eigenvalue weighted by Crippen LogP contribution is 2.25. The summed E-state index contributed by atoms with van der Waals surface area (Å²) in [6.07, 6.45) is 0.244. The van der Waals surface area contributed by atoms with Gasteiger partial charge in [-0.05, 0) is 31.4 Å². The van der Waals surface area contributed by atoms with Crippen LogP contribution in [0.4, 0.5) is 0 Å². The molecule has 0 bridgehead atoms. The number of thiazole rings is 1. The largest absolute Gasteiger partial charge is 0.348 e. The van der Waals surface area contributed by atoms with Crippen LogP contribution < -0.4 is 5.32 Å². The molecule has 0 unspecified atom stereocenters. The number of fused-ring (bicyclic) bond motifs is 1. The molecule has 26 heavy (non-hydrogen) atoms. The number of hydrogen-bond donors (Lipinski definition) is 1. The van der Waals surface area contributed by atoms with Crippen molar-refractivity contribution in [2.45, 2.75) is 26.8 Å². The number of rotatable bonds is 5. The quantitative estimate of drug-likeness (QED) is 0.572. The van der Waals surface area contributed by atoms with Crippen LogP contribution in [-0.4, -0.2) is 30.5 Å². The Bertz CT molecular complexity index is 1070. The van der Waals surface area contributed by atoms with Gasteiger partial charge in [0.25, 0.3) is 5.78 Å². The summed E-state index contributed by atoms with van der Waals surface area (Å²) in [7, 11) is 0. The van der Waals surface area contributed by atoms with Crippen molar-refractivity contribution in [2.24, 2.45) is 0 Å². The number of hydrogen-bond acceptors (Lipinski definition) is 7. The second-order valence-corrected chi connectivity index (χ2v) is 7.54. The van der Waals surface area contributed by atoms with Crippen molar-refractivity contribution in [1.82, 2.24) is 29.9 Å². The van der Waals surface area contributed by atoms with Crippen molar-refractivity contribution < 1.29 is 4.79 Å². The highest BCUT2D eigenvalue weighted by molar-refractivity contribution is 7.14. The summed E-state index contributed by atoms with van der Waals surface area (Å²) in [5.41, 5.74) is 3.75. The zero-order valence-corrected chi connectivity index (χ0v) is 15.9. The van der Waals surface area contributed by atoms with Crippen LogP contribution in [0.2, 0.25) is 0 Å². The average Bonchev–Trinajstić information content (AvgIpc) is 3.33. The summed E-state index contributed by atoms with van der Waals surface area (Å²) >= 11 is 3.19. The standard InChI is InChI=1S/C17H16N6OS2/c1-10-5-11(2)23-14(21-22-17(23)19-10)7-18-15(24)6-13-9-26-16(20-13)12-3-4-25-8-12/h3-5,8-9H,6-7H2,1-2H3,(H,18,24). The molecule has 0 fully saturated rings. The first kappa shape index (κ1) is 16.8. The highest BCUT2D eigenvalue weighted by Gasteiger charge is 2.13. The van der Waals surface area contributed by atoms with E-state index in [0.29, 0.717) is 18.1 Å². The molecule has 0 saturated carbocycles. The fourth-order valence-corrected chi connectivity index (χ4v) is 4.26. The number of carbonyl (C=O) groups excluding carboxylic acids is 1. The number of thiophene rings is 1. The van der Waals surface area contributed by atoms with E-state index in [2.05, 4.69) is 30.9 Å². The maximum absolute atomic E-state index is 12.3. The van der Waals surface area contributed by atoms with Gasteiger partial charge in [0.05, 0.1) is 18.7 Å². The molecule has 0 aromatic carbocycles. The molecule has 0 aliphatic rings. The fourth-order valence-electron chi connectivity index (χ4n) is 2.72. The van der Waals surface area contributed by atoms with Gasteiger partial charge in [-0.15, -0.1) is 21.5 Å². The lowest BCUT2D eigenvalue weighted by Crippen LogP contribution is -2.26. The van der Waals surface area contributed by atoms with Gasteiger partial charge in [-0.1, -0.05) is 0 Å². The summed E-state index contributed by atoms with van der Waals surface area (Å²) in [6, 6.07) is 3.99. The Morgan fingerprint density at radius 1 is 1.23 bits per heavy atom. The molecule has 4 rings (SSSR count). The lowest BCUT2D eigenvalue weighted by Gasteiger charge is -2.05. The molecule has 0 aliphatic carbocycles. The predicted octanol–water partition coefficient (Wildman–Crippen LogP) is 2.79. The van der Waals surface area contributed by atoms with E-state index < -0.39 is 0 Å². The van der Waals surface area contributed by atoms with Crippen LogP contribution in [-0.2, 0) is 17.8 Å². The van der Waals surface area contributed by atoms with E-state index in [1.54, 1.807) is 22.7 Å². The van der Waals surface area contributed by atoms with Gasteiger partial charge < -0.3 is 5.32 Å². The van der Waals surface area contributed by atoms with Gasteiger partial charge in [0.15, 0.2) is 5.82 Å². The summed E-state index contributed by atoms with van der Waals surface area (Å²) in [5.74, 6) is 1.11. The number of amides is 1. The number of nitrogens with one attached hydrogen (secondary N) is 1. The van der Waals surface area contributed by atoms with Gasteiger partial charge in [0.1, 0.15) is 5.01 Å². The fraction of sp³-hybridized carbons (Fsp3) is 0.235. The third-order valence-electron chi connectivity index (χ3n) is 3.87. The van der Waals surface area contributed by atoms with Crippen LogP contribution in [0.1, 0.15) is 22.9 Å². The lowest BCUT2D eigenvalue weighted by molar-refractivity contribution is -0.120. The molecule has 0 saturated heterocycles. The zero-order valence-electron chi connectivity index (χ0n) is 14.3. The maximum Gasteiger partial charge on any atom is 0.255 e. The second-order valence-electron chi connectivity index (χ2n) is 5.90. The molecule has 0 spiro atoms. The third-order valence-corrected chi connectivity index (χ3v) is 5.49. The minimum atomic E-state index is -0.0957. The topological polar surface area (TPSA) is 85.1 Å². The molecule has 0 atom stereocenters. The molecular weight excluding hydrogens is 368 g/mol. The molecule has 4 aromatic rings. The monoisotopic (exact) mass is 384 g/mol. The molecule has 132 valence electrons. The Balaban J connectivity index is 1.42. The smallest absolute Gasteiger partial charge is 0.255 e. The number of carbonyl (C=O) groups is 1. The molecule has 4 aromatic heterocycles. The van der Waals surface area contributed by atoms with E-state index in [1.807, 2.05) is 41.1 Å². The van der Waals surface area contributed by atoms with E-state index in [0.717, 1.165) is 27.7 Å². The molecule has 0 radical (unpaired) electrons. The number of aryl methyl sites for hydroxylation is 2. The summed E-state index contributed by atoms with van der Waals surface area (Å²) < 4.78 is 1.85. The molecule has 0 aliphatic heterocycles. The minimum absolute atomic E-state index is 0.0957. The van der Waals surface area contributed by atoms with Gasteiger partial charge in [0.2, 0.25) is 5.91 Å². The van der Waals surface area contributed by atoms with Crippen LogP contribution in [0.3, 0.4) is 0 Å². The van der Waals surface area contributed by atoms with Crippen LogP contribution in [0.5, 0.6) is 0 Å². The van der Waals surface area contributed by atoms with Crippen molar-refractivity contribution in [3.05, 3.63) is 51.2 Å². The molecule has 4 heterocycles. The molecule has 1 amide bonds. The van der Waals surface area contributed by atoms with Crippen LogP contribution >= 0.6 is 22.7 Å². The molecule has 9 heteroatoms. The van der Waals surface area contributed by atoms with E-state index in [9.17, 15) is 4.79 Å². The van der Waals surface area contributed by atoms with E-state index in [1.165, 1.54) is 0 Å². The van der Waals surface area contributed by atoms with Crippen molar-refractivity contribution in [2.75, 3.05) is 0 Å². The van der Waals surface area contributed by atoms with Crippen LogP contribution in [0.15, 0.2) is 28.3 Å². The SMILES string of the molecule is Cc1cc(C)n2c(CNC(=O)Cc3csc(-c4ccsc4)n3)nnc2n1. The zero-order chi connectivity index (χ0) is 18.1. The lowest BCUT2D eigenvalue weighted by atomic mass is 10.3. The normalized spacial score (nSPS) is 11.2. The maximum atomic E-state index is 12.3. The summed E-state index contributed by atoms with van der Waals surface area (Å²) in [5, 5.41) is 18.0. The van der Waals surface area contributed by atoms with Gasteiger partial charge in [-0.3, -0.25) is 9.20 Å². The van der Waals surface area contributed by atoms with Crippen molar-refractivity contribution in [3.8, 4) is 10.6 Å². The Morgan fingerprint density at radius 3 is 2.92 bits per heavy atom. The average molecular weight is 384 g/mol. The second kappa shape index (κ2) is 6.93. The minimum Gasteiger partial charge on any atom is -0.348 e.